The molecule has 0 unspecified atom stereocenters. The maximum absolute atomic E-state index is 11.9. The number of nitrogens with one attached hydrogen (secondary N) is 1. The van der Waals surface area contributed by atoms with Gasteiger partial charge in [0.05, 0.1) is 27.8 Å². The Bertz CT molecular complexity index is 757. The van der Waals surface area contributed by atoms with E-state index in [0.29, 0.717) is 28.5 Å². The average Bonchev–Trinajstić information content (AvgIpc) is 2.67. The van der Waals surface area contributed by atoms with Crippen molar-refractivity contribution < 1.29 is 28.5 Å². The Morgan fingerprint density at radius 3 is 2.19 bits per heavy atom. The normalized spacial score (nSPS) is 9.96. The van der Waals surface area contributed by atoms with E-state index < -0.39 is 11.9 Å². The lowest BCUT2D eigenvalue weighted by Crippen LogP contribution is -2.21. The molecule has 0 aliphatic rings. The zero-order valence-corrected chi connectivity index (χ0v) is 14.9. The zero-order chi connectivity index (χ0) is 18.9. The molecule has 7 nitrogen and oxygen atoms in total. The van der Waals surface area contributed by atoms with E-state index in [0.717, 1.165) is 0 Å². The van der Waals surface area contributed by atoms with E-state index in [2.05, 4.69) is 5.32 Å². The summed E-state index contributed by atoms with van der Waals surface area (Å²) in [5.74, 6) is 0.848. The number of esters is 1. The van der Waals surface area contributed by atoms with Gasteiger partial charge in [0.1, 0.15) is 5.75 Å². The fourth-order valence-electron chi connectivity index (χ4n) is 2.23. The molecule has 0 aliphatic heterocycles. The predicted octanol–water partition coefficient (Wildman–Crippen LogP) is 2.44. The number of benzene rings is 2. The molecule has 0 saturated carbocycles. The first-order valence-electron chi connectivity index (χ1n) is 7.86. The van der Waals surface area contributed by atoms with Gasteiger partial charge >= 0.3 is 5.97 Å². The maximum atomic E-state index is 11.9. The fraction of sp³-hybridized carbons (Fsp3) is 0.263. The van der Waals surface area contributed by atoms with Gasteiger partial charge in [-0.3, -0.25) is 9.59 Å². The number of hydrogen-bond acceptors (Lipinski definition) is 6. The second-order valence-corrected chi connectivity index (χ2v) is 5.30. The Morgan fingerprint density at radius 1 is 0.885 bits per heavy atom. The van der Waals surface area contributed by atoms with E-state index in [9.17, 15) is 9.59 Å². The molecule has 0 heterocycles. The van der Waals surface area contributed by atoms with Crippen LogP contribution in [0.2, 0.25) is 0 Å². The monoisotopic (exact) mass is 359 g/mol. The Kier molecular flexibility index (Phi) is 6.84. The molecule has 0 aromatic heterocycles. The molecular formula is C19H21NO6. The van der Waals surface area contributed by atoms with Gasteiger partial charge in [-0.1, -0.05) is 6.07 Å². The third-order valence-electron chi connectivity index (χ3n) is 3.53. The summed E-state index contributed by atoms with van der Waals surface area (Å²) in [6.45, 7) is -0.363. The molecule has 0 atom stereocenters. The Balaban J connectivity index is 1.83. The van der Waals surface area contributed by atoms with E-state index in [-0.39, 0.29) is 13.0 Å². The number of methoxy groups -OCH3 is 3. The van der Waals surface area contributed by atoms with Crippen LogP contribution in [0.25, 0.3) is 0 Å². The van der Waals surface area contributed by atoms with Crippen molar-refractivity contribution in [2.24, 2.45) is 0 Å². The fourth-order valence-corrected chi connectivity index (χ4v) is 2.23. The number of carbonyl (C=O) groups excluding carboxylic acids is 2. The summed E-state index contributed by atoms with van der Waals surface area (Å²) in [5, 5.41) is 2.64. The molecule has 0 fully saturated rings. The number of amides is 1. The average molecular weight is 359 g/mol. The maximum Gasteiger partial charge on any atom is 0.310 e. The van der Waals surface area contributed by atoms with Gasteiger partial charge in [-0.15, -0.1) is 0 Å². The molecule has 1 N–H and O–H groups in total. The second kappa shape index (κ2) is 9.31. The standard InChI is InChI=1S/C19H21NO6/c1-23-15-7-5-14(6-8-15)20-18(21)12-26-19(22)11-13-4-9-16(24-2)17(10-13)25-3/h4-10H,11-12H2,1-3H3,(H,20,21). The molecule has 0 bridgehead atoms. The van der Waals surface area contributed by atoms with E-state index in [1.807, 2.05) is 0 Å². The van der Waals surface area contributed by atoms with Crippen LogP contribution in [0, 0.1) is 0 Å². The SMILES string of the molecule is COc1ccc(NC(=O)COC(=O)Cc2ccc(OC)c(OC)c2)cc1. The Morgan fingerprint density at radius 2 is 1.58 bits per heavy atom. The van der Waals surface area contributed by atoms with E-state index in [1.165, 1.54) is 14.2 Å². The van der Waals surface area contributed by atoms with Gasteiger partial charge < -0.3 is 24.3 Å². The van der Waals surface area contributed by atoms with Crippen LogP contribution in [0.15, 0.2) is 42.5 Å². The highest BCUT2D eigenvalue weighted by Crippen LogP contribution is 2.27. The van der Waals surface area contributed by atoms with Gasteiger partial charge in [-0.05, 0) is 42.0 Å². The van der Waals surface area contributed by atoms with Gasteiger partial charge in [0.2, 0.25) is 0 Å². The quantitative estimate of drug-likeness (QED) is 0.729. The molecular weight excluding hydrogens is 338 g/mol. The summed E-state index contributed by atoms with van der Waals surface area (Å²) in [4.78, 5) is 23.8. The molecule has 2 aromatic carbocycles. The number of carbonyl (C=O) groups is 2. The highest BCUT2D eigenvalue weighted by molar-refractivity contribution is 5.92. The number of ether oxygens (including phenoxy) is 4. The molecule has 0 radical (unpaired) electrons. The molecule has 0 saturated heterocycles. The molecule has 2 aromatic rings. The zero-order valence-electron chi connectivity index (χ0n) is 14.9. The minimum atomic E-state index is -0.512. The van der Waals surface area contributed by atoms with Crippen molar-refractivity contribution in [2.75, 3.05) is 33.3 Å². The van der Waals surface area contributed by atoms with Crippen LogP contribution in [-0.2, 0) is 20.7 Å². The van der Waals surface area contributed by atoms with E-state index in [1.54, 1.807) is 49.6 Å². The lowest BCUT2D eigenvalue weighted by Gasteiger charge is -2.10. The lowest BCUT2D eigenvalue weighted by atomic mass is 10.1. The van der Waals surface area contributed by atoms with Crippen LogP contribution >= 0.6 is 0 Å². The molecule has 0 aliphatic carbocycles. The topological polar surface area (TPSA) is 83.1 Å². The second-order valence-electron chi connectivity index (χ2n) is 5.30. The summed E-state index contributed by atoms with van der Waals surface area (Å²) in [6, 6.07) is 12.0. The van der Waals surface area contributed by atoms with E-state index >= 15 is 0 Å². The predicted molar refractivity (Wildman–Crippen MR) is 95.8 cm³/mol. The highest BCUT2D eigenvalue weighted by Gasteiger charge is 2.11. The number of rotatable bonds is 8. The Labute approximate surface area is 151 Å². The van der Waals surface area contributed by atoms with Gasteiger partial charge in [-0.25, -0.2) is 0 Å². The Hall–Kier alpha value is -3.22. The highest BCUT2D eigenvalue weighted by atomic mass is 16.5. The van der Waals surface area contributed by atoms with Crippen molar-refractivity contribution in [3.63, 3.8) is 0 Å². The van der Waals surface area contributed by atoms with Crippen LogP contribution in [0.5, 0.6) is 17.2 Å². The van der Waals surface area contributed by atoms with Crippen LogP contribution in [0.1, 0.15) is 5.56 Å². The molecule has 138 valence electrons. The van der Waals surface area contributed by atoms with Gasteiger partial charge in [0.25, 0.3) is 5.91 Å². The van der Waals surface area contributed by atoms with Crippen LogP contribution in [-0.4, -0.2) is 39.8 Å². The third kappa shape index (κ3) is 5.41. The minimum Gasteiger partial charge on any atom is -0.497 e. The van der Waals surface area contributed by atoms with E-state index in [4.69, 9.17) is 18.9 Å². The first-order chi connectivity index (χ1) is 12.5. The number of anilines is 1. The summed E-state index contributed by atoms with van der Waals surface area (Å²) < 4.78 is 20.4. The van der Waals surface area contributed by atoms with Crippen molar-refractivity contribution in [1.82, 2.24) is 0 Å². The van der Waals surface area contributed by atoms with Gasteiger partial charge in [0.15, 0.2) is 18.1 Å². The van der Waals surface area contributed by atoms with Crippen molar-refractivity contribution in [1.29, 1.82) is 0 Å². The van der Waals surface area contributed by atoms with Gasteiger partial charge in [0, 0.05) is 5.69 Å². The summed E-state index contributed by atoms with van der Waals surface area (Å²) in [5.41, 5.74) is 1.29. The molecule has 1 amide bonds. The van der Waals surface area contributed by atoms with Crippen LogP contribution < -0.4 is 19.5 Å². The first-order valence-corrected chi connectivity index (χ1v) is 7.86. The van der Waals surface area contributed by atoms with Crippen LogP contribution in [0.4, 0.5) is 5.69 Å². The first kappa shape index (κ1) is 19.1. The summed E-state index contributed by atoms with van der Waals surface area (Å²) in [7, 11) is 4.61. The smallest absolute Gasteiger partial charge is 0.310 e. The number of hydrogen-bond donors (Lipinski definition) is 1. The van der Waals surface area contributed by atoms with Crippen molar-refractivity contribution >= 4 is 17.6 Å². The van der Waals surface area contributed by atoms with Crippen molar-refractivity contribution in [2.45, 2.75) is 6.42 Å². The van der Waals surface area contributed by atoms with Crippen LogP contribution in [0.3, 0.4) is 0 Å². The minimum absolute atomic E-state index is 0.0240. The molecule has 0 spiro atoms. The third-order valence-corrected chi connectivity index (χ3v) is 3.53. The molecule has 2 rings (SSSR count). The summed E-state index contributed by atoms with van der Waals surface area (Å²) >= 11 is 0. The van der Waals surface area contributed by atoms with Crippen molar-refractivity contribution in [3.05, 3.63) is 48.0 Å². The van der Waals surface area contributed by atoms with Crippen molar-refractivity contribution in [3.8, 4) is 17.2 Å². The molecule has 7 heteroatoms. The lowest BCUT2D eigenvalue weighted by molar-refractivity contribution is -0.146. The largest absolute Gasteiger partial charge is 0.497 e. The van der Waals surface area contributed by atoms with Gasteiger partial charge in [-0.2, -0.15) is 0 Å². The molecule has 26 heavy (non-hydrogen) atoms. The summed E-state index contributed by atoms with van der Waals surface area (Å²) in [6.07, 6.45) is 0.0240.